The first-order valence-electron chi connectivity index (χ1n) is 4.92. The lowest BCUT2D eigenvalue weighted by Crippen LogP contribution is -1.95. The van der Waals surface area contributed by atoms with Gasteiger partial charge in [0.25, 0.3) is 0 Å². The van der Waals surface area contributed by atoms with Crippen LogP contribution in [0.3, 0.4) is 0 Å². The fourth-order valence-corrected chi connectivity index (χ4v) is 2.90. The number of aromatic carboxylic acids is 1. The summed E-state index contributed by atoms with van der Waals surface area (Å²) >= 11 is 2.40. The Morgan fingerprint density at radius 1 is 1.56 bits per heavy atom. The minimum absolute atomic E-state index is 0.0535. The zero-order valence-corrected chi connectivity index (χ0v) is 10.7. The molecule has 94 valence electrons. The molecule has 0 aliphatic heterocycles. The number of thioether (sulfide) groups is 1. The largest absolute Gasteiger partial charge is 0.476 e. The predicted molar refractivity (Wildman–Crippen MR) is 69.4 cm³/mol. The number of rotatable bonds is 4. The maximum absolute atomic E-state index is 13.0. The van der Waals surface area contributed by atoms with Gasteiger partial charge >= 0.3 is 5.97 Å². The zero-order chi connectivity index (χ0) is 13.1. The number of hydrogen-bond acceptors (Lipinski definition) is 5. The Morgan fingerprint density at radius 3 is 3.00 bits per heavy atom. The Kier molecular flexibility index (Phi) is 3.83. The second-order valence-electron chi connectivity index (χ2n) is 3.42. The van der Waals surface area contributed by atoms with E-state index in [1.807, 2.05) is 0 Å². The highest BCUT2D eigenvalue weighted by atomic mass is 32.2. The van der Waals surface area contributed by atoms with Crippen LogP contribution < -0.4 is 5.73 Å². The summed E-state index contributed by atoms with van der Waals surface area (Å²) in [5.74, 6) is -0.935. The Hall–Kier alpha value is -1.60. The fourth-order valence-electron chi connectivity index (χ4n) is 1.26. The topological polar surface area (TPSA) is 76.2 Å². The van der Waals surface area contributed by atoms with Gasteiger partial charge in [-0.3, -0.25) is 0 Å². The summed E-state index contributed by atoms with van der Waals surface area (Å²) < 4.78 is 13.0. The molecule has 2 rings (SSSR count). The molecule has 1 aromatic carbocycles. The second kappa shape index (κ2) is 5.36. The van der Waals surface area contributed by atoms with Crippen molar-refractivity contribution in [3.05, 3.63) is 40.1 Å². The van der Waals surface area contributed by atoms with Crippen LogP contribution in [0.25, 0.3) is 0 Å². The molecule has 2 aromatic rings. The fraction of sp³-hybridized carbons (Fsp3) is 0.0909. The van der Waals surface area contributed by atoms with E-state index < -0.39 is 5.97 Å². The third-order valence-electron chi connectivity index (χ3n) is 2.09. The van der Waals surface area contributed by atoms with Gasteiger partial charge in [0.05, 0.1) is 5.69 Å². The van der Waals surface area contributed by atoms with Gasteiger partial charge in [-0.25, -0.2) is 14.2 Å². The SMILES string of the molecule is Nc1ccc(F)cc1SCc1csc(C(=O)O)n1. The molecule has 3 N–H and O–H groups in total. The van der Waals surface area contributed by atoms with Crippen LogP contribution >= 0.6 is 23.1 Å². The summed E-state index contributed by atoms with van der Waals surface area (Å²) in [6.45, 7) is 0. The quantitative estimate of drug-likeness (QED) is 0.667. The van der Waals surface area contributed by atoms with Crippen molar-refractivity contribution >= 4 is 34.8 Å². The number of carboxylic acid groups (broad SMARTS) is 1. The van der Waals surface area contributed by atoms with E-state index in [4.69, 9.17) is 10.8 Å². The van der Waals surface area contributed by atoms with Crippen molar-refractivity contribution in [3.63, 3.8) is 0 Å². The summed E-state index contributed by atoms with van der Waals surface area (Å²) in [7, 11) is 0. The normalized spacial score (nSPS) is 10.5. The smallest absolute Gasteiger partial charge is 0.365 e. The number of halogens is 1. The molecule has 0 aliphatic rings. The van der Waals surface area contributed by atoms with Crippen LogP contribution in [0.2, 0.25) is 0 Å². The summed E-state index contributed by atoms with van der Waals surface area (Å²) in [6, 6.07) is 4.15. The van der Waals surface area contributed by atoms with E-state index >= 15 is 0 Å². The molecule has 0 atom stereocenters. The monoisotopic (exact) mass is 284 g/mol. The molecule has 0 saturated carbocycles. The number of nitrogen functional groups attached to an aromatic ring is 1. The summed E-state index contributed by atoms with van der Waals surface area (Å²) in [6.07, 6.45) is 0. The summed E-state index contributed by atoms with van der Waals surface area (Å²) in [4.78, 5) is 15.2. The third-order valence-corrected chi connectivity index (χ3v) is 4.07. The first kappa shape index (κ1) is 12.8. The highest BCUT2D eigenvalue weighted by Gasteiger charge is 2.10. The molecule has 1 heterocycles. The van der Waals surface area contributed by atoms with Gasteiger partial charge in [-0.2, -0.15) is 0 Å². The average molecular weight is 284 g/mol. The molecule has 0 bridgehead atoms. The maximum Gasteiger partial charge on any atom is 0.365 e. The third kappa shape index (κ3) is 2.99. The average Bonchev–Trinajstić information content (AvgIpc) is 2.79. The zero-order valence-electron chi connectivity index (χ0n) is 9.09. The van der Waals surface area contributed by atoms with Gasteiger partial charge < -0.3 is 10.8 Å². The number of carbonyl (C=O) groups is 1. The number of hydrogen-bond donors (Lipinski definition) is 2. The molecule has 0 saturated heterocycles. The predicted octanol–water partition coefficient (Wildman–Crippen LogP) is 2.85. The van der Waals surface area contributed by atoms with E-state index in [9.17, 15) is 9.18 Å². The molecule has 7 heteroatoms. The minimum Gasteiger partial charge on any atom is -0.476 e. The lowest BCUT2D eigenvalue weighted by atomic mass is 10.3. The molecule has 18 heavy (non-hydrogen) atoms. The Bertz CT molecular complexity index is 586. The van der Waals surface area contributed by atoms with E-state index in [1.165, 1.54) is 30.0 Å². The van der Waals surface area contributed by atoms with Crippen molar-refractivity contribution in [2.75, 3.05) is 5.73 Å². The Balaban J connectivity index is 2.06. The Morgan fingerprint density at radius 2 is 2.33 bits per heavy atom. The lowest BCUT2D eigenvalue weighted by molar-refractivity contribution is 0.0696. The van der Waals surface area contributed by atoms with Crippen LogP contribution in [0.4, 0.5) is 10.1 Å². The van der Waals surface area contributed by atoms with Crippen molar-refractivity contribution < 1.29 is 14.3 Å². The van der Waals surface area contributed by atoms with Crippen molar-refractivity contribution in [3.8, 4) is 0 Å². The van der Waals surface area contributed by atoms with Gasteiger partial charge in [0, 0.05) is 21.7 Å². The maximum atomic E-state index is 13.0. The van der Waals surface area contributed by atoms with E-state index in [0.717, 1.165) is 11.3 Å². The summed E-state index contributed by atoms with van der Waals surface area (Å²) in [5, 5.41) is 10.5. The minimum atomic E-state index is -1.04. The van der Waals surface area contributed by atoms with Crippen molar-refractivity contribution in [1.82, 2.24) is 4.98 Å². The second-order valence-corrected chi connectivity index (χ2v) is 5.30. The highest BCUT2D eigenvalue weighted by Crippen LogP contribution is 2.29. The molecular weight excluding hydrogens is 275 g/mol. The molecular formula is C11H9FN2O2S2. The molecule has 4 nitrogen and oxygen atoms in total. The first-order chi connectivity index (χ1) is 8.56. The van der Waals surface area contributed by atoms with Crippen molar-refractivity contribution in [2.45, 2.75) is 10.6 Å². The molecule has 1 aromatic heterocycles. The van der Waals surface area contributed by atoms with Crippen LogP contribution in [0, 0.1) is 5.82 Å². The summed E-state index contributed by atoms with van der Waals surface area (Å²) in [5.41, 5.74) is 6.85. The number of thiazole rings is 1. The van der Waals surface area contributed by atoms with Crippen LogP contribution in [0.1, 0.15) is 15.5 Å². The molecule has 0 fully saturated rings. The number of nitrogens with two attached hydrogens (primary N) is 1. The van der Waals surface area contributed by atoms with Crippen molar-refractivity contribution in [1.29, 1.82) is 0 Å². The number of aromatic nitrogens is 1. The van der Waals surface area contributed by atoms with Gasteiger partial charge in [-0.15, -0.1) is 23.1 Å². The number of carboxylic acids is 1. The molecule has 0 spiro atoms. The molecule has 0 unspecified atom stereocenters. The van der Waals surface area contributed by atoms with Gasteiger partial charge in [0.1, 0.15) is 5.82 Å². The van der Waals surface area contributed by atoms with Crippen LogP contribution in [0.15, 0.2) is 28.5 Å². The van der Waals surface area contributed by atoms with Crippen LogP contribution in [-0.4, -0.2) is 16.1 Å². The van der Waals surface area contributed by atoms with E-state index in [-0.39, 0.29) is 10.8 Å². The number of nitrogens with zero attached hydrogens (tertiary/aromatic N) is 1. The van der Waals surface area contributed by atoms with E-state index in [1.54, 1.807) is 5.38 Å². The highest BCUT2D eigenvalue weighted by molar-refractivity contribution is 7.98. The van der Waals surface area contributed by atoms with Crippen LogP contribution in [0.5, 0.6) is 0 Å². The van der Waals surface area contributed by atoms with Gasteiger partial charge in [-0.05, 0) is 18.2 Å². The number of anilines is 1. The van der Waals surface area contributed by atoms with Crippen molar-refractivity contribution in [2.24, 2.45) is 0 Å². The standard InChI is InChI=1S/C11H9FN2O2S2/c12-6-1-2-8(13)9(3-6)17-4-7-5-18-10(14-7)11(15)16/h1-3,5H,4,13H2,(H,15,16). The molecule has 0 amide bonds. The van der Waals surface area contributed by atoms with Gasteiger partial charge in [0.2, 0.25) is 5.01 Å². The van der Waals surface area contributed by atoms with Gasteiger partial charge in [0.15, 0.2) is 0 Å². The van der Waals surface area contributed by atoms with Crippen LogP contribution in [-0.2, 0) is 5.75 Å². The molecule has 0 radical (unpaired) electrons. The molecule has 0 aliphatic carbocycles. The van der Waals surface area contributed by atoms with E-state index in [2.05, 4.69) is 4.98 Å². The first-order valence-corrected chi connectivity index (χ1v) is 6.78. The Labute approximate surface area is 111 Å². The lowest BCUT2D eigenvalue weighted by Gasteiger charge is -2.03. The number of benzene rings is 1. The van der Waals surface area contributed by atoms with Gasteiger partial charge in [-0.1, -0.05) is 0 Å². The van der Waals surface area contributed by atoms with E-state index in [0.29, 0.717) is 22.0 Å².